The molecule has 0 bridgehead atoms. The highest BCUT2D eigenvalue weighted by Gasteiger charge is 2.33. The van der Waals surface area contributed by atoms with E-state index in [4.69, 9.17) is 9.41 Å². The minimum absolute atomic E-state index is 0. The molecule has 0 aromatic carbocycles. The highest BCUT2D eigenvalue weighted by Crippen LogP contribution is 2.20. The van der Waals surface area contributed by atoms with Gasteiger partial charge in [-0.05, 0) is 51.4 Å². The second kappa shape index (κ2) is 9.96. The summed E-state index contributed by atoms with van der Waals surface area (Å²) < 4.78 is 5.40. The molecule has 1 amide bonds. The van der Waals surface area contributed by atoms with Crippen molar-refractivity contribution in [1.29, 1.82) is 0 Å². The van der Waals surface area contributed by atoms with E-state index in [1.165, 1.54) is 12.8 Å². The summed E-state index contributed by atoms with van der Waals surface area (Å²) in [5, 5.41) is 3.58. The molecule has 3 fully saturated rings. The fourth-order valence-electron chi connectivity index (χ4n) is 3.95. The third kappa shape index (κ3) is 5.40. The fraction of sp³-hybridized carbons (Fsp3) is 0.700. The van der Waals surface area contributed by atoms with Crippen LogP contribution in [0.15, 0.2) is 27.8 Å². The van der Waals surface area contributed by atoms with Crippen LogP contribution in [-0.2, 0) is 11.2 Å². The summed E-state index contributed by atoms with van der Waals surface area (Å²) in [5.41, 5.74) is 0. The number of guanidine groups is 1. The van der Waals surface area contributed by atoms with E-state index in [9.17, 15) is 4.79 Å². The Morgan fingerprint density at radius 1 is 1.18 bits per heavy atom. The number of piperazine rings is 1. The van der Waals surface area contributed by atoms with Crippen LogP contribution in [0.3, 0.4) is 0 Å². The normalized spacial score (nSPS) is 23.6. The number of amides is 1. The van der Waals surface area contributed by atoms with E-state index in [0.29, 0.717) is 18.5 Å². The maximum Gasteiger partial charge on any atom is 0.240 e. The number of aliphatic imine (C=N–C) groups is 1. The minimum Gasteiger partial charge on any atom is -0.469 e. The first-order chi connectivity index (χ1) is 13.2. The van der Waals surface area contributed by atoms with Gasteiger partial charge in [-0.25, -0.2) is 0 Å². The van der Waals surface area contributed by atoms with Gasteiger partial charge >= 0.3 is 0 Å². The van der Waals surface area contributed by atoms with E-state index in [1.54, 1.807) is 6.26 Å². The van der Waals surface area contributed by atoms with Gasteiger partial charge in [-0.3, -0.25) is 14.7 Å². The molecule has 0 spiro atoms. The number of rotatable bonds is 5. The molecule has 1 aromatic heterocycles. The molecule has 2 aliphatic heterocycles. The Morgan fingerprint density at radius 3 is 2.54 bits per heavy atom. The monoisotopic (exact) mass is 501 g/mol. The number of nitrogens with zero attached hydrogens (tertiary/aromatic N) is 4. The van der Waals surface area contributed by atoms with Crippen LogP contribution in [0.25, 0.3) is 0 Å². The predicted octanol–water partition coefficient (Wildman–Crippen LogP) is 1.79. The summed E-state index contributed by atoms with van der Waals surface area (Å²) >= 11 is 0. The average molecular weight is 501 g/mol. The van der Waals surface area contributed by atoms with E-state index in [2.05, 4.69) is 22.2 Å². The number of carbonyl (C=O) groups excluding carboxylic acids is 1. The Morgan fingerprint density at radius 2 is 1.93 bits per heavy atom. The van der Waals surface area contributed by atoms with Crippen LogP contribution < -0.4 is 5.32 Å². The third-order valence-electron chi connectivity index (χ3n) is 5.81. The van der Waals surface area contributed by atoms with Crippen molar-refractivity contribution in [2.75, 3.05) is 46.3 Å². The van der Waals surface area contributed by atoms with E-state index >= 15 is 0 Å². The molecule has 4 rings (SSSR count). The number of halogens is 1. The summed E-state index contributed by atoms with van der Waals surface area (Å²) in [4.78, 5) is 24.2. The molecule has 1 N–H and O–H groups in total. The molecule has 3 aliphatic rings. The van der Waals surface area contributed by atoms with Crippen molar-refractivity contribution in [3.05, 3.63) is 24.2 Å². The van der Waals surface area contributed by atoms with Gasteiger partial charge in [0.05, 0.1) is 12.3 Å². The van der Waals surface area contributed by atoms with Crippen molar-refractivity contribution in [3.63, 3.8) is 0 Å². The largest absolute Gasteiger partial charge is 0.469 e. The summed E-state index contributed by atoms with van der Waals surface area (Å²) in [5.74, 6) is 2.27. The molecule has 1 unspecified atom stereocenters. The SMILES string of the molecule is CN1CCCC1C(=O)N1CCN(C(=NCCc2ccco2)NC2CC2)CC1.I. The molecule has 28 heavy (non-hydrogen) atoms. The molecular weight excluding hydrogens is 469 g/mol. The van der Waals surface area contributed by atoms with Crippen LogP contribution in [0.1, 0.15) is 31.4 Å². The fourth-order valence-corrected chi connectivity index (χ4v) is 3.95. The number of hydrogen-bond donors (Lipinski definition) is 1. The second-order valence-corrected chi connectivity index (χ2v) is 7.90. The molecule has 0 radical (unpaired) electrons. The van der Waals surface area contributed by atoms with Gasteiger partial charge in [0.2, 0.25) is 5.91 Å². The topological polar surface area (TPSA) is 64.3 Å². The van der Waals surface area contributed by atoms with Crippen LogP contribution in [-0.4, -0.2) is 85.0 Å². The van der Waals surface area contributed by atoms with E-state index < -0.39 is 0 Å². The number of carbonyl (C=O) groups is 1. The highest BCUT2D eigenvalue weighted by atomic mass is 127. The molecule has 3 heterocycles. The third-order valence-corrected chi connectivity index (χ3v) is 5.81. The Balaban J connectivity index is 0.00000225. The average Bonchev–Trinajstić information content (AvgIpc) is 3.15. The van der Waals surface area contributed by atoms with Crippen molar-refractivity contribution >= 4 is 35.8 Å². The lowest BCUT2D eigenvalue weighted by molar-refractivity contribution is -0.136. The zero-order valence-corrected chi connectivity index (χ0v) is 19.0. The first kappa shape index (κ1) is 21.4. The second-order valence-electron chi connectivity index (χ2n) is 7.90. The Hall–Kier alpha value is -1.29. The summed E-state index contributed by atoms with van der Waals surface area (Å²) in [6.45, 7) is 5.02. The summed E-state index contributed by atoms with van der Waals surface area (Å²) in [7, 11) is 2.06. The zero-order chi connectivity index (χ0) is 18.6. The Labute approximate surface area is 184 Å². The number of hydrogen-bond acceptors (Lipinski definition) is 4. The van der Waals surface area contributed by atoms with Crippen molar-refractivity contribution in [2.45, 2.75) is 44.2 Å². The molecule has 1 atom stereocenters. The van der Waals surface area contributed by atoms with Gasteiger partial charge in [0, 0.05) is 45.2 Å². The van der Waals surface area contributed by atoms with E-state index in [-0.39, 0.29) is 30.0 Å². The lowest BCUT2D eigenvalue weighted by Gasteiger charge is -2.38. The van der Waals surface area contributed by atoms with Gasteiger partial charge in [-0.15, -0.1) is 24.0 Å². The first-order valence-corrected chi connectivity index (χ1v) is 10.3. The molecule has 1 saturated carbocycles. The molecule has 2 saturated heterocycles. The molecule has 8 heteroatoms. The van der Waals surface area contributed by atoms with Gasteiger partial charge in [-0.2, -0.15) is 0 Å². The smallest absolute Gasteiger partial charge is 0.240 e. The van der Waals surface area contributed by atoms with Crippen LogP contribution >= 0.6 is 24.0 Å². The number of furan rings is 1. The number of likely N-dealkylation sites (N-methyl/N-ethyl adjacent to an activating group) is 1. The standard InChI is InChI=1S/C20H31N5O2.HI/c1-23-10-2-5-18(23)19(26)24-11-13-25(14-12-24)20(22-16-6-7-16)21-9-8-17-4-3-15-27-17;/h3-4,15-16,18H,2,5-14H2,1H3,(H,21,22);1H. The van der Waals surface area contributed by atoms with Crippen molar-refractivity contribution in [1.82, 2.24) is 20.0 Å². The van der Waals surface area contributed by atoms with Crippen molar-refractivity contribution in [3.8, 4) is 0 Å². The minimum atomic E-state index is 0. The molecule has 7 nitrogen and oxygen atoms in total. The predicted molar refractivity (Wildman–Crippen MR) is 120 cm³/mol. The maximum atomic E-state index is 12.8. The zero-order valence-electron chi connectivity index (χ0n) is 16.7. The van der Waals surface area contributed by atoms with Gasteiger partial charge in [0.1, 0.15) is 5.76 Å². The molecule has 1 aromatic rings. The Kier molecular flexibility index (Phi) is 7.62. The molecule has 156 valence electrons. The summed E-state index contributed by atoms with van der Waals surface area (Å²) in [6, 6.07) is 4.57. The van der Waals surface area contributed by atoms with Gasteiger partial charge in [0.15, 0.2) is 5.96 Å². The van der Waals surface area contributed by atoms with Crippen molar-refractivity contribution < 1.29 is 9.21 Å². The van der Waals surface area contributed by atoms with E-state index in [0.717, 1.165) is 63.7 Å². The highest BCUT2D eigenvalue weighted by molar-refractivity contribution is 14.0. The van der Waals surface area contributed by atoms with Crippen LogP contribution in [0.5, 0.6) is 0 Å². The lowest BCUT2D eigenvalue weighted by atomic mass is 10.1. The van der Waals surface area contributed by atoms with Crippen LogP contribution in [0, 0.1) is 0 Å². The van der Waals surface area contributed by atoms with Crippen LogP contribution in [0.2, 0.25) is 0 Å². The lowest BCUT2D eigenvalue weighted by Crippen LogP contribution is -2.56. The number of nitrogens with one attached hydrogen (secondary N) is 1. The van der Waals surface area contributed by atoms with Gasteiger partial charge in [-0.1, -0.05) is 0 Å². The number of likely N-dealkylation sites (tertiary alicyclic amines) is 1. The first-order valence-electron chi connectivity index (χ1n) is 10.3. The van der Waals surface area contributed by atoms with Crippen LogP contribution in [0.4, 0.5) is 0 Å². The van der Waals surface area contributed by atoms with Crippen molar-refractivity contribution in [2.24, 2.45) is 4.99 Å². The van der Waals surface area contributed by atoms with E-state index in [1.807, 2.05) is 17.0 Å². The molecular formula is C20H32IN5O2. The van der Waals surface area contributed by atoms with Gasteiger partial charge < -0.3 is 19.5 Å². The summed E-state index contributed by atoms with van der Waals surface area (Å²) in [6.07, 6.45) is 7.10. The quantitative estimate of drug-likeness (QED) is 0.379. The Bertz CT molecular complexity index is 654. The molecule has 1 aliphatic carbocycles. The maximum absolute atomic E-state index is 12.8. The van der Waals surface area contributed by atoms with Gasteiger partial charge in [0.25, 0.3) is 0 Å².